The van der Waals surface area contributed by atoms with Gasteiger partial charge in [0.25, 0.3) is 0 Å². The monoisotopic (exact) mass is 362 g/mol. The maximum absolute atomic E-state index is 13.8. The van der Waals surface area contributed by atoms with Crippen molar-refractivity contribution in [1.82, 2.24) is 0 Å². The van der Waals surface area contributed by atoms with Gasteiger partial charge in [-0.1, -0.05) is 15.9 Å². The van der Waals surface area contributed by atoms with E-state index in [1.54, 1.807) is 19.9 Å². The molecule has 1 saturated heterocycles. The van der Waals surface area contributed by atoms with Crippen LogP contribution in [-0.4, -0.2) is 31.7 Å². The van der Waals surface area contributed by atoms with Crippen LogP contribution in [-0.2, 0) is 9.84 Å². The van der Waals surface area contributed by atoms with Crippen molar-refractivity contribution in [3.05, 3.63) is 22.0 Å². The van der Waals surface area contributed by atoms with Gasteiger partial charge in [-0.25, -0.2) is 12.8 Å². The molecule has 0 spiro atoms. The lowest BCUT2D eigenvalue weighted by Crippen LogP contribution is -2.26. The molecular weight excluding hydrogens is 347 g/mol. The fourth-order valence-electron chi connectivity index (χ4n) is 1.90. The first-order chi connectivity index (χ1) is 9.25. The molecule has 7 heteroatoms. The lowest BCUT2D eigenvalue weighted by Gasteiger charge is -2.19. The second-order valence-corrected chi connectivity index (χ2v) is 8.22. The molecule has 0 atom stereocenters. The largest absolute Gasteiger partial charge is 0.285 e. The zero-order valence-electron chi connectivity index (χ0n) is 11.4. The number of rotatable bonds is 3. The van der Waals surface area contributed by atoms with Crippen LogP contribution in [0.5, 0.6) is 0 Å². The van der Waals surface area contributed by atoms with Crippen molar-refractivity contribution in [2.75, 3.05) is 11.5 Å². The van der Waals surface area contributed by atoms with Crippen LogP contribution < -0.4 is 0 Å². The molecule has 0 aromatic rings. The summed E-state index contributed by atoms with van der Waals surface area (Å²) in [6.07, 6.45) is 2.06. The molecule has 1 fully saturated rings. The second kappa shape index (κ2) is 7.14. The molecule has 20 heavy (non-hydrogen) atoms. The molecule has 1 aliphatic rings. The minimum absolute atomic E-state index is 0.100. The third-order valence-electron chi connectivity index (χ3n) is 2.94. The van der Waals surface area contributed by atoms with Crippen molar-refractivity contribution < 1.29 is 12.8 Å². The summed E-state index contributed by atoms with van der Waals surface area (Å²) >= 11 is 3.10. The quantitative estimate of drug-likeness (QED) is 0.440. The first kappa shape index (κ1) is 17.1. The van der Waals surface area contributed by atoms with Crippen LogP contribution in [0.25, 0.3) is 0 Å². The van der Waals surface area contributed by atoms with Gasteiger partial charge >= 0.3 is 0 Å². The number of halogens is 2. The van der Waals surface area contributed by atoms with Crippen molar-refractivity contribution in [3.8, 4) is 6.07 Å². The summed E-state index contributed by atoms with van der Waals surface area (Å²) in [6, 6.07) is 1.64. The molecule has 0 aliphatic carbocycles. The van der Waals surface area contributed by atoms with Gasteiger partial charge in [0.15, 0.2) is 0 Å². The first-order valence-electron chi connectivity index (χ1n) is 6.14. The van der Waals surface area contributed by atoms with Crippen molar-refractivity contribution >= 4 is 31.5 Å². The van der Waals surface area contributed by atoms with Crippen LogP contribution in [0.15, 0.2) is 27.0 Å². The Labute approximate surface area is 127 Å². The maximum atomic E-state index is 13.8. The Hall–Kier alpha value is -1.00. The van der Waals surface area contributed by atoms with E-state index < -0.39 is 15.7 Å². The highest BCUT2D eigenvalue weighted by atomic mass is 79.9. The second-order valence-electron chi connectivity index (χ2n) is 4.66. The molecule has 0 amide bonds. The molecule has 1 heterocycles. The van der Waals surface area contributed by atoms with E-state index >= 15 is 0 Å². The van der Waals surface area contributed by atoms with E-state index in [0.29, 0.717) is 23.0 Å². The number of sulfone groups is 1. The molecule has 0 saturated carbocycles. The fourth-order valence-corrected chi connectivity index (χ4v) is 3.57. The van der Waals surface area contributed by atoms with Crippen LogP contribution >= 0.6 is 15.9 Å². The Balaban J connectivity index is 2.93. The van der Waals surface area contributed by atoms with Crippen LogP contribution in [0.4, 0.5) is 4.39 Å². The molecule has 0 aromatic carbocycles. The topological polar surface area (TPSA) is 70.3 Å². The SMILES string of the molecule is CC(=NC1CCS(=O)(=O)CC1)C(C#N)=C(F)/C=C(\C)Br. The fraction of sp³-hybridized carbons (Fsp3) is 0.538. The Kier molecular flexibility index (Phi) is 6.08. The van der Waals surface area contributed by atoms with Gasteiger partial charge in [-0.15, -0.1) is 0 Å². The summed E-state index contributed by atoms with van der Waals surface area (Å²) in [4.78, 5) is 4.29. The summed E-state index contributed by atoms with van der Waals surface area (Å²) in [7, 11) is -2.95. The van der Waals surface area contributed by atoms with E-state index in [1.807, 2.05) is 0 Å². The van der Waals surface area contributed by atoms with Crippen LogP contribution in [0, 0.1) is 11.3 Å². The van der Waals surface area contributed by atoms with Crippen LogP contribution in [0.2, 0.25) is 0 Å². The molecule has 0 bridgehead atoms. The standard InChI is InChI=1S/C13H16BrFN2O2S/c1-9(14)7-13(15)12(8-16)10(2)17-11-3-5-20(18,19)6-4-11/h7,11H,3-6H2,1-2H3/b9-7+,13-12?,17-10?. The highest BCUT2D eigenvalue weighted by Gasteiger charge is 2.23. The van der Waals surface area contributed by atoms with Gasteiger partial charge in [-0.2, -0.15) is 5.26 Å². The summed E-state index contributed by atoms with van der Waals surface area (Å²) < 4.78 is 37.0. The van der Waals surface area contributed by atoms with E-state index in [0.717, 1.165) is 0 Å². The predicted octanol–water partition coefficient (Wildman–Crippen LogP) is 3.07. The average Bonchev–Trinajstić information content (AvgIpc) is 2.32. The number of hydrogen-bond donors (Lipinski definition) is 0. The average molecular weight is 363 g/mol. The Bertz CT molecular complexity index is 597. The minimum Gasteiger partial charge on any atom is -0.285 e. The summed E-state index contributed by atoms with van der Waals surface area (Å²) in [6.45, 7) is 3.23. The first-order valence-corrected chi connectivity index (χ1v) is 8.75. The van der Waals surface area contributed by atoms with Gasteiger partial charge in [0.05, 0.1) is 23.3 Å². The normalized spacial score (nSPS) is 22.1. The molecule has 0 aromatic heterocycles. The summed E-state index contributed by atoms with van der Waals surface area (Å²) in [5.74, 6) is -0.446. The molecule has 0 radical (unpaired) electrons. The summed E-state index contributed by atoms with van der Waals surface area (Å²) in [5.41, 5.74) is 0.191. The van der Waals surface area contributed by atoms with Crippen molar-refractivity contribution in [2.24, 2.45) is 4.99 Å². The predicted molar refractivity (Wildman–Crippen MR) is 81.2 cm³/mol. The number of nitrogens with zero attached hydrogens (tertiary/aromatic N) is 2. The Morgan fingerprint density at radius 1 is 1.40 bits per heavy atom. The van der Waals surface area contributed by atoms with Gasteiger partial charge in [0.1, 0.15) is 27.3 Å². The van der Waals surface area contributed by atoms with Gasteiger partial charge < -0.3 is 0 Å². The van der Waals surface area contributed by atoms with Gasteiger partial charge in [0.2, 0.25) is 0 Å². The van der Waals surface area contributed by atoms with Crippen molar-refractivity contribution in [2.45, 2.75) is 32.7 Å². The van der Waals surface area contributed by atoms with Crippen LogP contribution in [0.3, 0.4) is 0 Å². The highest BCUT2D eigenvalue weighted by Crippen LogP contribution is 2.19. The molecule has 1 rings (SSSR count). The smallest absolute Gasteiger partial charge is 0.150 e. The lowest BCUT2D eigenvalue weighted by molar-refractivity contribution is 0.548. The Morgan fingerprint density at radius 3 is 2.40 bits per heavy atom. The van der Waals surface area contributed by atoms with Crippen LogP contribution in [0.1, 0.15) is 26.7 Å². The van der Waals surface area contributed by atoms with Crippen molar-refractivity contribution in [1.29, 1.82) is 5.26 Å². The van der Waals surface area contributed by atoms with Crippen molar-refractivity contribution in [3.63, 3.8) is 0 Å². The summed E-state index contributed by atoms with van der Waals surface area (Å²) in [5, 5.41) is 9.02. The molecule has 1 aliphatic heterocycles. The van der Waals surface area contributed by atoms with E-state index in [-0.39, 0.29) is 23.1 Å². The molecule has 0 unspecified atom stereocenters. The zero-order valence-corrected chi connectivity index (χ0v) is 13.8. The van der Waals surface area contributed by atoms with Gasteiger partial charge in [0, 0.05) is 0 Å². The van der Waals surface area contributed by atoms with Gasteiger partial charge in [-0.05, 0) is 37.2 Å². The third-order valence-corrected chi connectivity index (χ3v) is 4.88. The number of allylic oxidation sites excluding steroid dienone is 4. The molecular formula is C13H16BrFN2O2S. The number of hydrogen-bond acceptors (Lipinski definition) is 4. The lowest BCUT2D eigenvalue weighted by atomic mass is 10.1. The van der Waals surface area contributed by atoms with E-state index in [1.165, 1.54) is 6.08 Å². The maximum Gasteiger partial charge on any atom is 0.150 e. The van der Waals surface area contributed by atoms with Gasteiger partial charge in [-0.3, -0.25) is 4.99 Å². The Morgan fingerprint density at radius 2 is 1.95 bits per heavy atom. The zero-order chi connectivity index (χ0) is 15.3. The van der Waals surface area contributed by atoms with E-state index in [4.69, 9.17) is 5.26 Å². The molecule has 0 N–H and O–H groups in total. The molecule has 110 valence electrons. The van der Waals surface area contributed by atoms with E-state index in [2.05, 4.69) is 20.9 Å². The number of aliphatic imine (C=N–C) groups is 1. The number of nitriles is 1. The van der Waals surface area contributed by atoms with E-state index in [9.17, 15) is 12.8 Å². The highest BCUT2D eigenvalue weighted by molar-refractivity contribution is 9.11. The molecule has 4 nitrogen and oxygen atoms in total. The minimum atomic E-state index is -2.95. The third kappa shape index (κ3) is 5.17.